The van der Waals surface area contributed by atoms with Crippen LogP contribution in [0.4, 0.5) is 0 Å². The van der Waals surface area contributed by atoms with Gasteiger partial charge in [-0.05, 0) is 13.8 Å². The highest BCUT2D eigenvalue weighted by atomic mass is 16.6. The lowest BCUT2D eigenvalue weighted by molar-refractivity contribution is -0.141. The van der Waals surface area contributed by atoms with Crippen LogP contribution in [-0.2, 0) is 19.1 Å². The second-order valence-electron chi connectivity index (χ2n) is 2.81. The van der Waals surface area contributed by atoms with Crippen molar-refractivity contribution in [3.05, 3.63) is 36.5 Å². The zero-order valence-electron chi connectivity index (χ0n) is 8.57. The highest BCUT2D eigenvalue weighted by molar-refractivity contribution is 5.88. The molecule has 15 heavy (non-hydrogen) atoms. The Kier molecular flexibility index (Phi) is 4.87. The van der Waals surface area contributed by atoms with Crippen LogP contribution in [0.1, 0.15) is 13.8 Å². The Labute approximate surface area is 87.3 Å². The van der Waals surface area contributed by atoms with Crippen molar-refractivity contribution in [2.24, 2.45) is 0 Å². The minimum atomic E-state index is -0.822. The molecule has 0 radical (unpaired) electrons. The molecule has 0 aromatic rings. The Morgan fingerprint density at radius 1 is 1.13 bits per heavy atom. The van der Waals surface area contributed by atoms with Gasteiger partial charge in [-0.25, -0.2) is 9.59 Å². The van der Waals surface area contributed by atoms with Gasteiger partial charge in [-0.3, -0.25) is 0 Å². The molecule has 0 rings (SSSR count). The average molecular weight is 212 g/mol. The molecule has 0 atom stereocenters. The van der Waals surface area contributed by atoms with Gasteiger partial charge in [-0.2, -0.15) is 0 Å². The molecule has 0 aromatic heterocycles. The largest absolute Gasteiger partial charge is 0.478 e. The van der Waals surface area contributed by atoms with Gasteiger partial charge in [0.15, 0.2) is 6.26 Å². The van der Waals surface area contributed by atoms with Crippen LogP contribution in [0.5, 0.6) is 0 Å². The Hall–Kier alpha value is -2.04. The van der Waals surface area contributed by atoms with Crippen LogP contribution in [0.2, 0.25) is 0 Å². The van der Waals surface area contributed by atoms with Crippen molar-refractivity contribution in [3.8, 4) is 0 Å². The number of rotatable bonds is 4. The summed E-state index contributed by atoms with van der Waals surface area (Å²) < 4.78 is 8.70. The van der Waals surface area contributed by atoms with E-state index in [1.54, 1.807) is 0 Å². The van der Waals surface area contributed by atoms with Gasteiger partial charge < -0.3 is 14.6 Å². The van der Waals surface area contributed by atoms with E-state index < -0.39 is 17.9 Å². The van der Waals surface area contributed by atoms with Gasteiger partial charge in [0.05, 0.1) is 0 Å². The third-order valence-electron chi connectivity index (χ3n) is 1.16. The molecule has 1 N–H and O–H groups in total. The lowest BCUT2D eigenvalue weighted by atomic mass is 10.4. The molecule has 0 aromatic carbocycles. The summed E-state index contributed by atoms with van der Waals surface area (Å²) in [5.41, 5.74) is 0.270. The lowest BCUT2D eigenvalue weighted by Gasteiger charge is -2.01. The van der Waals surface area contributed by atoms with Crippen LogP contribution in [0.3, 0.4) is 0 Å². The fourth-order valence-electron chi connectivity index (χ4n) is 0.411. The van der Waals surface area contributed by atoms with Crippen molar-refractivity contribution in [1.29, 1.82) is 0 Å². The molecule has 5 nitrogen and oxygen atoms in total. The molecule has 0 aliphatic carbocycles. The molecule has 0 aliphatic rings. The lowest BCUT2D eigenvalue weighted by Crippen LogP contribution is -2.06. The van der Waals surface area contributed by atoms with Crippen LogP contribution >= 0.6 is 0 Å². The van der Waals surface area contributed by atoms with Crippen LogP contribution < -0.4 is 0 Å². The van der Waals surface area contributed by atoms with E-state index in [0.717, 1.165) is 0 Å². The number of aliphatic hydroxyl groups is 1. The van der Waals surface area contributed by atoms with E-state index in [1.165, 1.54) is 13.8 Å². The maximum absolute atomic E-state index is 10.9. The molecule has 0 saturated heterocycles. The summed E-state index contributed by atoms with van der Waals surface area (Å²) in [6.45, 7) is 9.46. The molecule has 0 amide bonds. The van der Waals surface area contributed by atoms with Crippen LogP contribution in [0.25, 0.3) is 0 Å². The molecule has 0 bridgehead atoms. The van der Waals surface area contributed by atoms with Crippen LogP contribution in [-0.4, -0.2) is 17.0 Å². The van der Waals surface area contributed by atoms with Crippen molar-refractivity contribution in [3.63, 3.8) is 0 Å². The summed E-state index contributed by atoms with van der Waals surface area (Å²) in [6, 6.07) is 0. The zero-order chi connectivity index (χ0) is 12.0. The van der Waals surface area contributed by atoms with E-state index in [1.807, 2.05) is 0 Å². The molecule has 0 aliphatic heterocycles. The zero-order valence-corrected chi connectivity index (χ0v) is 8.57. The Balaban J connectivity index is 4.22. The number of ether oxygens (including phenoxy) is 2. The predicted molar refractivity (Wildman–Crippen MR) is 52.5 cm³/mol. The van der Waals surface area contributed by atoms with Gasteiger partial charge in [0.2, 0.25) is 0 Å². The molecule has 0 saturated carbocycles. The Bertz CT molecular complexity index is 338. The van der Waals surface area contributed by atoms with Crippen molar-refractivity contribution in [2.45, 2.75) is 13.8 Å². The summed E-state index contributed by atoms with van der Waals surface area (Å²) in [5.74, 6) is -2.36. The molecule has 0 unspecified atom stereocenters. The van der Waals surface area contributed by atoms with Crippen molar-refractivity contribution >= 4 is 11.9 Å². The first-order valence-corrected chi connectivity index (χ1v) is 3.98. The number of aliphatic hydroxyl groups excluding tert-OH is 1. The SMILES string of the molecule is C=C(C)C(=O)O/C=C(/O)OC(=O)C(=C)C. The topological polar surface area (TPSA) is 72.8 Å². The molecule has 0 fully saturated rings. The first-order valence-electron chi connectivity index (χ1n) is 3.98. The van der Waals surface area contributed by atoms with Gasteiger partial charge in [-0.1, -0.05) is 13.2 Å². The fourth-order valence-corrected chi connectivity index (χ4v) is 0.411. The number of carbonyl (C=O) groups excluding carboxylic acids is 2. The number of hydrogen-bond acceptors (Lipinski definition) is 5. The van der Waals surface area contributed by atoms with Gasteiger partial charge >= 0.3 is 17.9 Å². The summed E-state index contributed by atoms with van der Waals surface area (Å²) in [6.07, 6.45) is 0.609. The third-order valence-corrected chi connectivity index (χ3v) is 1.16. The monoisotopic (exact) mass is 212 g/mol. The Morgan fingerprint density at radius 2 is 1.60 bits per heavy atom. The third kappa shape index (κ3) is 5.30. The van der Waals surface area contributed by atoms with E-state index in [4.69, 9.17) is 5.11 Å². The maximum Gasteiger partial charge on any atom is 0.340 e. The van der Waals surface area contributed by atoms with Crippen molar-refractivity contribution in [1.82, 2.24) is 0 Å². The maximum atomic E-state index is 10.9. The number of hydrogen-bond donors (Lipinski definition) is 1. The second kappa shape index (κ2) is 5.64. The smallest absolute Gasteiger partial charge is 0.340 e. The van der Waals surface area contributed by atoms with E-state index in [2.05, 4.69) is 22.6 Å². The summed E-state index contributed by atoms with van der Waals surface area (Å²) in [4.78, 5) is 21.7. The second-order valence-corrected chi connectivity index (χ2v) is 2.81. The molecule has 5 heteroatoms. The number of esters is 2. The summed E-state index contributed by atoms with van der Waals surface area (Å²) in [7, 11) is 0. The van der Waals surface area contributed by atoms with Gasteiger partial charge in [-0.15, -0.1) is 0 Å². The molecule has 0 heterocycles. The fraction of sp³-hybridized carbons (Fsp3) is 0.200. The average Bonchev–Trinajstić information content (AvgIpc) is 2.13. The van der Waals surface area contributed by atoms with Gasteiger partial charge in [0.1, 0.15) is 0 Å². The quantitative estimate of drug-likeness (QED) is 0.435. The van der Waals surface area contributed by atoms with Crippen molar-refractivity contribution in [2.75, 3.05) is 0 Å². The first kappa shape index (κ1) is 13.0. The highest BCUT2D eigenvalue weighted by Gasteiger charge is 2.08. The van der Waals surface area contributed by atoms with E-state index >= 15 is 0 Å². The predicted octanol–water partition coefficient (Wildman–Crippen LogP) is 1.58. The van der Waals surface area contributed by atoms with E-state index in [9.17, 15) is 9.59 Å². The first-order chi connectivity index (χ1) is 6.84. The van der Waals surface area contributed by atoms with Crippen LogP contribution in [0.15, 0.2) is 36.5 Å². The van der Waals surface area contributed by atoms with E-state index in [-0.39, 0.29) is 11.1 Å². The standard InChI is InChI=1S/C10H12O5/c1-6(2)9(12)14-5-8(11)15-10(13)7(3)4/h5,11H,1,3H2,2,4H3/b8-5-. The summed E-state index contributed by atoms with van der Waals surface area (Å²) >= 11 is 0. The highest BCUT2D eigenvalue weighted by Crippen LogP contribution is 2.01. The normalized spacial score (nSPS) is 10.4. The Morgan fingerprint density at radius 3 is 2.00 bits per heavy atom. The van der Waals surface area contributed by atoms with Crippen molar-refractivity contribution < 1.29 is 24.2 Å². The van der Waals surface area contributed by atoms with E-state index in [0.29, 0.717) is 6.26 Å². The van der Waals surface area contributed by atoms with Gasteiger partial charge in [0.25, 0.3) is 0 Å². The number of carbonyl (C=O) groups is 2. The minimum absolute atomic E-state index is 0.112. The summed E-state index contributed by atoms with van der Waals surface area (Å²) in [5, 5.41) is 8.97. The molecular weight excluding hydrogens is 200 g/mol. The van der Waals surface area contributed by atoms with Gasteiger partial charge in [0, 0.05) is 11.1 Å². The molecule has 0 spiro atoms. The molecule has 82 valence electrons. The van der Waals surface area contributed by atoms with Crippen LogP contribution in [0, 0.1) is 0 Å². The minimum Gasteiger partial charge on any atom is -0.478 e. The molecular formula is C10H12O5.